The maximum absolute atomic E-state index is 8.89. The molecule has 0 saturated carbocycles. The van der Waals surface area contributed by atoms with Gasteiger partial charge in [0, 0.05) is 19.6 Å². The summed E-state index contributed by atoms with van der Waals surface area (Å²) >= 11 is 0. The number of ether oxygens (including phenoxy) is 3. The van der Waals surface area contributed by atoms with Crippen molar-refractivity contribution in [3.05, 3.63) is 60.7 Å². The number of hydrogen-bond donors (Lipinski definition) is 1. The third kappa shape index (κ3) is 10.6. The molecule has 0 radical (unpaired) electrons. The Morgan fingerprint density at radius 2 is 1.38 bits per heavy atom. The Bertz CT molecular complexity index is 500. The smallest absolute Gasteiger partial charge is 0.119 e. The van der Waals surface area contributed by atoms with Crippen molar-refractivity contribution in [2.24, 2.45) is 0 Å². The lowest BCUT2D eigenvalue weighted by molar-refractivity contribution is 0.123. The predicted octanol–water partition coefficient (Wildman–Crippen LogP) is 3.94. The largest absolute Gasteiger partial charge is 0.494 e. The number of hydrogen-bond acceptors (Lipinski definition) is 4. The van der Waals surface area contributed by atoms with E-state index < -0.39 is 6.10 Å². The second-order valence-corrected chi connectivity index (χ2v) is 5.19. The zero-order chi connectivity index (χ0) is 17.5. The molecular weight excluding hydrogens is 304 g/mol. The van der Waals surface area contributed by atoms with Crippen LogP contribution >= 0.6 is 0 Å². The average molecular weight is 332 g/mol. The van der Waals surface area contributed by atoms with E-state index in [-0.39, 0.29) is 0 Å². The zero-order valence-corrected chi connectivity index (χ0v) is 14.6. The van der Waals surface area contributed by atoms with Crippen LogP contribution in [0.4, 0.5) is 0 Å². The minimum atomic E-state index is -0.407. The second-order valence-electron chi connectivity index (χ2n) is 5.19. The van der Waals surface area contributed by atoms with Crippen LogP contribution in [-0.4, -0.2) is 37.6 Å². The minimum absolute atomic E-state index is 0.351. The first-order chi connectivity index (χ1) is 11.7. The lowest BCUT2D eigenvalue weighted by atomic mass is 10.3. The topological polar surface area (TPSA) is 47.9 Å². The van der Waals surface area contributed by atoms with E-state index in [2.05, 4.69) is 0 Å². The lowest BCUT2D eigenvalue weighted by Gasteiger charge is -2.06. The third-order valence-electron chi connectivity index (χ3n) is 2.88. The fraction of sp³-hybridized carbons (Fsp3) is 0.400. The lowest BCUT2D eigenvalue weighted by Crippen LogP contribution is -2.12. The fourth-order valence-corrected chi connectivity index (χ4v) is 1.75. The van der Waals surface area contributed by atoms with E-state index in [1.54, 1.807) is 6.92 Å². The summed E-state index contributed by atoms with van der Waals surface area (Å²) < 4.78 is 15.9. The Morgan fingerprint density at radius 1 is 0.833 bits per heavy atom. The molecule has 1 unspecified atom stereocenters. The normalized spacial score (nSPS) is 11.1. The van der Waals surface area contributed by atoms with Crippen molar-refractivity contribution < 1.29 is 19.3 Å². The summed E-state index contributed by atoms with van der Waals surface area (Å²) in [5, 5.41) is 8.89. The number of aliphatic hydroxyl groups is 1. The van der Waals surface area contributed by atoms with Crippen LogP contribution in [0.2, 0.25) is 0 Å². The van der Waals surface area contributed by atoms with Crippen LogP contribution in [0.5, 0.6) is 11.5 Å². The molecule has 0 heterocycles. The molecule has 0 fully saturated rings. The van der Waals surface area contributed by atoms with Crippen molar-refractivity contribution in [3.8, 4) is 11.5 Å². The van der Waals surface area contributed by atoms with E-state index >= 15 is 0 Å². The van der Waals surface area contributed by atoms with E-state index in [9.17, 15) is 0 Å². The van der Waals surface area contributed by atoms with Crippen LogP contribution < -0.4 is 9.47 Å². The molecule has 2 aromatic rings. The Labute approximate surface area is 145 Å². The molecule has 0 bridgehead atoms. The van der Waals surface area contributed by atoms with Crippen molar-refractivity contribution in [2.45, 2.75) is 26.4 Å². The van der Waals surface area contributed by atoms with Crippen LogP contribution in [0.1, 0.15) is 20.3 Å². The molecule has 2 rings (SSSR count). The summed E-state index contributed by atoms with van der Waals surface area (Å²) in [5.74, 6) is 1.73. The minimum Gasteiger partial charge on any atom is -0.494 e. The van der Waals surface area contributed by atoms with E-state index in [4.69, 9.17) is 19.3 Å². The number of benzene rings is 2. The summed E-state index contributed by atoms with van der Waals surface area (Å²) in [6.07, 6.45) is 0.540. The maximum Gasteiger partial charge on any atom is 0.119 e. The van der Waals surface area contributed by atoms with Crippen molar-refractivity contribution in [1.82, 2.24) is 0 Å². The van der Waals surface area contributed by atoms with Gasteiger partial charge in [-0.2, -0.15) is 0 Å². The van der Waals surface area contributed by atoms with Gasteiger partial charge in [0.2, 0.25) is 0 Å². The highest BCUT2D eigenvalue weighted by Crippen LogP contribution is 2.08. The Kier molecular flexibility index (Phi) is 11.2. The van der Waals surface area contributed by atoms with E-state index in [0.29, 0.717) is 6.61 Å². The standard InChI is InChI=1S/C11H16O2.C9H12O2/c1-2-12-9-6-10-13-11-7-4-3-5-8-11;1-8(10)7-11-9-5-3-2-4-6-9/h3-5,7-8H,2,6,9-10H2,1H3;2-6,8,10H,7H2,1H3. The van der Waals surface area contributed by atoms with Crippen molar-refractivity contribution >= 4 is 0 Å². The second kappa shape index (κ2) is 13.4. The van der Waals surface area contributed by atoms with E-state index in [0.717, 1.165) is 37.7 Å². The van der Waals surface area contributed by atoms with Crippen molar-refractivity contribution in [3.63, 3.8) is 0 Å². The highest BCUT2D eigenvalue weighted by atomic mass is 16.5. The van der Waals surface area contributed by atoms with E-state index in [1.807, 2.05) is 67.6 Å². The van der Waals surface area contributed by atoms with Gasteiger partial charge in [-0.3, -0.25) is 0 Å². The van der Waals surface area contributed by atoms with Crippen molar-refractivity contribution in [2.75, 3.05) is 26.4 Å². The Hall–Kier alpha value is -2.04. The first-order valence-corrected chi connectivity index (χ1v) is 8.34. The summed E-state index contributed by atoms with van der Waals surface area (Å²) in [7, 11) is 0. The van der Waals surface area contributed by atoms with Gasteiger partial charge in [0.15, 0.2) is 0 Å². The molecule has 4 heteroatoms. The monoisotopic (exact) mass is 332 g/mol. The predicted molar refractivity (Wildman–Crippen MR) is 96.7 cm³/mol. The van der Waals surface area contributed by atoms with E-state index in [1.165, 1.54) is 0 Å². The Morgan fingerprint density at radius 3 is 1.88 bits per heavy atom. The molecule has 0 saturated heterocycles. The van der Waals surface area contributed by atoms with Gasteiger partial charge in [-0.15, -0.1) is 0 Å². The molecule has 0 aromatic heterocycles. The highest BCUT2D eigenvalue weighted by Gasteiger charge is 1.95. The van der Waals surface area contributed by atoms with Gasteiger partial charge in [-0.25, -0.2) is 0 Å². The maximum atomic E-state index is 8.89. The molecule has 1 atom stereocenters. The molecule has 0 aliphatic rings. The van der Waals surface area contributed by atoms with Gasteiger partial charge in [-0.1, -0.05) is 36.4 Å². The fourth-order valence-electron chi connectivity index (χ4n) is 1.75. The SMILES string of the molecule is CC(O)COc1ccccc1.CCOCCCOc1ccccc1. The Balaban J connectivity index is 0.000000243. The molecule has 0 aliphatic heterocycles. The highest BCUT2D eigenvalue weighted by molar-refractivity contribution is 5.21. The summed E-state index contributed by atoms with van der Waals surface area (Å²) in [6, 6.07) is 19.3. The quantitative estimate of drug-likeness (QED) is 0.707. The van der Waals surface area contributed by atoms with Crippen LogP contribution in [-0.2, 0) is 4.74 Å². The van der Waals surface area contributed by atoms with Gasteiger partial charge in [0.1, 0.15) is 18.1 Å². The van der Waals surface area contributed by atoms with Crippen LogP contribution in [0, 0.1) is 0 Å². The van der Waals surface area contributed by atoms with Gasteiger partial charge in [0.25, 0.3) is 0 Å². The molecule has 1 N–H and O–H groups in total. The van der Waals surface area contributed by atoms with Crippen LogP contribution in [0.25, 0.3) is 0 Å². The zero-order valence-electron chi connectivity index (χ0n) is 14.6. The number of aliphatic hydroxyl groups excluding tert-OH is 1. The molecule has 0 amide bonds. The molecule has 2 aromatic carbocycles. The number of rotatable bonds is 9. The van der Waals surface area contributed by atoms with Gasteiger partial charge in [-0.05, 0) is 38.1 Å². The van der Waals surface area contributed by atoms with Crippen LogP contribution in [0.3, 0.4) is 0 Å². The van der Waals surface area contributed by atoms with Crippen LogP contribution in [0.15, 0.2) is 60.7 Å². The molecular formula is C20H28O4. The molecule has 4 nitrogen and oxygen atoms in total. The summed E-state index contributed by atoms with van der Waals surface area (Å²) in [5.41, 5.74) is 0. The first-order valence-electron chi connectivity index (χ1n) is 8.34. The van der Waals surface area contributed by atoms with Gasteiger partial charge < -0.3 is 19.3 Å². The molecule has 0 spiro atoms. The molecule has 0 aliphatic carbocycles. The van der Waals surface area contributed by atoms with Gasteiger partial charge in [0.05, 0.1) is 12.7 Å². The average Bonchev–Trinajstić information content (AvgIpc) is 2.62. The third-order valence-corrected chi connectivity index (χ3v) is 2.88. The molecule has 24 heavy (non-hydrogen) atoms. The van der Waals surface area contributed by atoms with Gasteiger partial charge >= 0.3 is 0 Å². The first kappa shape index (κ1) is 20.0. The number of para-hydroxylation sites is 2. The summed E-state index contributed by atoms with van der Waals surface area (Å²) in [4.78, 5) is 0. The summed E-state index contributed by atoms with van der Waals surface area (Å²) in [6.45, 7) is 6.34. The molecule has 132 valence electrons. The van der Waals surface area contributed by atoms with Crippen molar-refractivity contribution in [1.29, 1.82) is 0 Å².